The summed E-state index contributed by atoms with van der Waals surface area (Å²) in [5, 5.41) is 4.96. The molecule has 2 heterocycles. The summed E-state index contributed by atoms with van der Waals surface area (Å²) in [6, 6.07) is 7.07. The number of carbonyl (C=O) groups excluding carboxylic acids is 1. The Morgan fingerprint density at radius 1 is 1.52 bits per heavy atom. The first-order valence-corrected chi connectivity index (χ1v) is 7.86. The number of thiophene rings is 1. The molecule has 0 bridgehead atoms. The summed E-state index contributed by atoms with van der Waals surface area (Å²) in [5.41, 5.74) is 1.08. The van der Waals surface area contributed by atoms with E-state index in [1.807, 2.05) is 53.5 Å². The fourth-order valence-corrected chi connectivity index (χ4v) is 2.99. The first-order chi connectivity index (χ1) is 10.1. The minimum absolute atomic E-state index is 0.00200. The standard InChI is InChI=1S/C16H16N2OS2/c1-3-8-17-16(20)14(15(19)13-7-5-10-21-13)18-9-4-6-12(2)11-18/h3-7,9-11,14H,1,8H2,2H3/p+1/t14-/m0/s1. The van der Waals surface area contributed by atoms with Gasteiger partial charge in [0, 0.05) is 18.2 Å². The van der Waals surface area contributed by atoms with Gasteiger partial charge in [-0.05, 0) is 24.4 Å². The molecule has 2 aromatic heterocycles. The lowest BCUT2D eigenvalue weighted by atomic mass is 10.1. The molecule has 21 heavy (non-hydrogen) atoms. The number of rotatable bonds is 6. The Balaban J connectivity index is 2.36. The molecular formula is C16H17N2OS2+. The molecule has 0 aromatic carbocycles. The van der Waals surface area contributed by atoms with Gasteiger partial charge in [-0.3, -0.25) is 4.79 Å². The van der Waals surface area contributed by atoms with Crippen LogP contribution in [0.25, 0.3) is 0 Å². The lowest BCUT2D eigenvalue weighted by Gasteiger charge is -2.13. The molecule has 5 heteroatoms. The predicted molar refractivity (Wildman–Crippen MR) is 89.9 cm³/mol. The van der Waals surface area contributed by atoms with Crippen molar-refractivity contribution in [2.75, 3.05) is 6.54 Å². The van der Waals surface area contributed by atoms with Gasteiger partial charge in [0.15, 0.2) is 17.4 Å². The average Bonchev–Trinajstić information content (AvgIpc) is 2.99. The second-order valence-electron chi connectivity index (χ2n) is 4.61. The summed E-state index contributed by atoms with van der Waals surface area (Å²) in [5.74, 6) is 0.00200. The van der Waals surface area contributed by atoms with Crippen LogP contribution in [-0.2, 0) is 0 Å². The number of ketones is 1. The van der Waals surface area contributed by atoms with E-state index >= 15 is 0 Å². The number of aryl methyl sites for hydroxylation is 1. The Kier molecular flexibility index (Phi) is 5.36. The fraction of sp³-hybridized carbons (Fsp3) is 0.188. The van der Waals surface area contributed by atoms with Gasteiger partial charge in [-0.15, -0.1) is 17.9 Å². The molecule has 0 aliphatic rings. The summed E-state index contributed by atoms with van der Waals surface area (Å²) < 4.78 is 1.86. The second kappa shape index (κ2) is 7.24. The third kappa shape index (κ3) is 3.83. The Hall–Kier alpha value is -1.85. The molecule has 0 aliphatic heterocycles. The van der Waals surface area contributed by atoms with E-state index in [0.717, 1.165) is 5.56 Å². The van der Waals surface area contributed by atoms with Crippen LogP contribution >= 0.6 is 23.6 Å². The van der Waals surface area contributed by atoms with E-state index in [4.69, 9.17) is 12.2 Å². The number of aromatic nitrogens is 1. The van der Waals surface area contributed by atoms with Gasteiger partial charge in [0.1, 0.15) is 0 Å². The topological polar surface area (TPSA) is 33.0 Å². The van der Waals surface area contributed by atoms with Crippen molar-refractivity contribution in [1.82, 2.24) is 5.32 Å². The van der Waals surface area contributed by atoms with E-state index < -0.39 is 6.04 Å². The van der Waals surface area contributed by atoms with Gasteiger partial charge in [0.2, 0.25) is 5.78 Å². The number of nitrogens with zero attached hydrogens (tertiary/aromatic N) is 1. The van der Waals surface area contributed by atoms with Gasteiger partial charge in [0.05, 0.1) is 4.88 Å². The monoisotopic (exact) mass is 317 g/mol. The number of thiocarbonyl (C=S) groups is 1. The van der Waals surface area contributed by atoms with E-state index in [1.54, 1.807) is 6.08 Å². The summed E-state index contributed by atoms with van der Waals surface area (Å²) in [7, 11) is 0. The number of nitrogens with one attached hydrogen (secondary N) is 1. The lowest BCUT2D eigenvalue weighted by molar-refractivity contribution is -0.692. The summed E-state index contributed by atoms with van der Waals surface area (Å²) in [6.07, 6.45) is 5.52. The molecule has 0 radical (unpaired) electrons. The maximum Gasteiger partial charge on any atom is 0.271 e. The van der Waals surface area contributed by atoms with Crippen molar-refractivity contribution in [1.29, 1.82) is 0 Å². The molecule has 0 saturated heterocycles. The van der Waals surface area contributed by atoms with Crippen molar-refractivity contribution in [2.24, 2.45) is 0 Å². The summed E-state index contributed by atoms with van der Waals surface area (Å²) in [6.45, 7) is 6.19. The van der Waals surface area contributed by atoms with Crippen molar-refractivity contribution in [3.63, 3.8) is 0 Å². The van der Waals surface area contributed by atoms with E-state index in [9.17, 15) is 4.79 Å². The van der Waals surface area contributed by atoms with Crippen LogP contribution in [0.15, 0.2) is 54.7 Å². The first kappa shape index (κ1) is 15.5. The Bertz CT molecular complexity index is 650. The van der Waals surface area contributed by atoms with E-state index in [0.29, 0.717) is 16.4 Å². The molecule has 1 atom stereocenters. The van der Waals surface area contributed by atoms with Crippen LogP contribution in [0, 0.1) is 6.92 Å². The van der Waals surface area contributed by atoms with Crippen LogP contribution in [0.1, 0.15) is 21.3 Å². The highest BCUT2D eigenvalue weighted by atomic mass is 32.1. The van der Waals surface area contributed by atoms with Crippen LogP contribution in [0.2, 0.25) is 0 Å². The Morgan fingerprint density at radius 3 is 2.95 bits per heavy atom. The zero-order chi connectivity index (χ0) is 15.2. The molecule has 3 nitrogen and oxygen atoms in total. The largest absolute Gasteiger partial charge is 0.370 e. The van der Waals surface area contributed by atoms with Gasteiger partial charge < -0.3 is 5.32 Å². The predicted octanol–water partition coefficient (Wildman–Crippen LogP) is 2.87. The molecular weight excluding hydrogens is 300 g/mol. The van der Waals surface area contributed by atoms with Crippen molar-refractivity contribution < 1.29 is 9.36 Å². The van der Waals surface area contributed by atoms with Crippen LogP contribution in [0.4, 0.5) is 0 Å². The van der Waals surface area contributed by atoms with Crippen LogP contribution in [0.3, 0.4) is 0 Å². The molecule has 2 rings (SSSR count). The molecule has 0 unspecified atom stereocenters. The first-order valence-electron chi connectivity index (χ1n) is 6.57. The van der Waals surface area contributed by atoms with Crippen LogP contribution in [0.5, 0.6) is 0 Å². The minimum Gasteiger partial charge on any atom is -0.370 e. The minimum atomic E-state index is -0.529. The maximum absolute atomic E-state index is 12.8. The molecule has 0 spiro atoms. The van der Waals surface area contributed by atoms with Gasteiger partial charge in [-0.2, -0.15) is 4.57 Å². The molecule has 108 valence electrons. The van der Waals surface area contributed by atoms with Crippen LogP contribution in [-0.4, -0.2) is 17.3 Å². The van der Waals surface area contributed by atoms with E-state index in [2.05, 4.69) is 11.9 Å². The third-order valence-electron chi connectivity index (χ3n) is 2.95. The van der Waals surface area contributed by atoms with Crippen molar-refractivity contribution in [3.8, 4) is 0 Å². The van der Waals surface area contributed by atoms with Gasteiger partial charge in [-0.25, -0.2) is 0 Å². The molecule has 0 amide bonds. The SMILES string of the molecule is C=CCNC(=S)[C@H](C(=O)c1cccs1)[n+]1cccc(C)c1. The van der Waals surface area contributed by atoms with Crippen LogP contribution < -0.4 is 9.88 Å². The van der Waals surface area contributed by atoms with Crippen molar-refractivity contribution in [2.45, 2.75) is 13.0 Å². The van der Waals surface area contributed by atoms with Crippen molar-refractivity contribution in [3.05, 3.63) is 65.1 Å². The Labute approximate surface area is 133 Å². The number of carbonyl (C=O) groups is 1. The molecule has 0 saturated carbocycles. The maximum atomic E-state index is 12.8. The highest BCUT2D eigenvalue weighted by molar-refractivity contribution is 7.80. The third-order valence-corrected chi connectivity index (χ3v) is 4.20. The lowest BCUT2D eigenvalue weighted by Crippen LogP contribution is -2.51. The zero-order valence-corrected chi connectivity index (χ0v) is 13.4. The summed E-state index contributed by atoms with van der Waals surface area (Å²) >= 11 is 6.85. The normalized spacial score (nSPS) is 11.7. The van der Waals surface area contributed by atoms with E-state index in [1.165, 1.54) is 11.3 Å². The Morgan fingerprint density at radius 2 is 2.33 bits per heavy atom. The highest BCUT2D eigenvalue weighted by Crippen LogP contribution is 2.16. The van der Waals surface area contributed by atoms with Gasteiger partial charge in [0.25, 0.3) is 6.04 Å². The number of pyridine rings is 1. The number of Topliss-reactive ketones (excluding diaryl/α,β-unsaturated/α-hetero) is 1. The van der Waals surface area contributed by atoms with Gasteiger partial charge >= 0.3 is 0 Å². The number of hydrogen-bond donors (Lipinski definition) is 1. The molecule has 2 aromatic rings. The zero-order valence-electron chi connectivity index (χ0n) is 11.8. The molecule has 0 fully saturated rings. The quantitative estimate of drug-likeness (QED) is 0.385. The fourth-order valence-electron chi connectivity index (χ4n) is 1.99. The smallest absolute Gasteiger partial charge is 0.271 e. The highest BCUT2D eigenvalue weighted by Gasteiger charge is 2.33. The van der Waals surface area contributed by atoms with E-state index in [-0.39, 0.29) is 5.78 Å². The second-order valence-corrected chi connectivity index (χ2v) is 5.99. The molecule has 1 N–H and O–H groups in total. The average molecular weight is 317 g/mol. The number of hydrogen-bond acceptors (Lipinski definition) is 3. The molecule has 0 aliphatic carbocycles. The summed E-state index contributed by atoms with van der Waals surface area (Å²) in [4.78, 5) is 14.0. The van der Waals surface area contributed by atoms with Gasteiger partial charge in [-0.1, -0.05) is 24.4 Å². The van der Waals surface area contributed by atoms with Crippen molar-refractivity contribution >= 4 is 34.3 Å².